The molecule has 0 bridgehead atoms. The highest BCUT2D eigenvalue weighted by molar-refractivity contribution is 7.99. The van der Waals surface area contributed by atoms with Crippen LogP contribution in [0.2, 0.25) is 0 Å². The first kappa shape index (κ1) is 36.0. The van der Waals surface area contributed by atoms with Gasteiger partial charge in [0, 0.05) is 74.8 Å². The van der Waals surface area contributed by atoms with Gasteiger partial charge in [0.25, 0.3) is 0 Å². The maximum Gasteiger partial charge on any atom is 0.157 e. The van der Waals surface area contributed by atoms with E-state index in [1.165, 1.54) is 26.3 Å². The summed E-state index contributed by atoms with van der Waals surface area (Å²) in [4.78, 5) is 14.0. The lowest BCUT2D eigenvalue weighted by Gasteiger charge is -2.42. The maximum absolute atomic E-state index is 6.68. The van der Waals surface area contributed by atoms with E-state index < -0.39 is 0 Å². The number of benzene rings is 6. The zero-order valence-corrected chi connectivity index (χ0v) is 35.7. The summed E-state index contributed by atoms with van der Waals surface area (Å²) < 4.78 is 22.2. The standard InChI is InChI=1S/C52H43N5O3S/c1-51(2,3)31-16-19-39-38(24-31)37-18-17-36(29-40(37)56(39)47-25-32(20-21-53-47)52(4,5)6)58-35-11-7-10-33(26-35)54-22-23-55(30-54)34-27-43-48-44(28-34)60-42-13-9-15-46-50(42)57(48)49-41(59-43)12-8-14-45(49)61-46/h7-29H,30H2,1-6H3. The molecule has 0 amide bonds. The number of anilines is 5. The number of ether oxygens (including phenoxy) is 3. The minimum Gasteiger partial charge on any atom is -0.457 e. The third-order valence-electron chi connectivity index (χ3n) is 12.2. The number of hydrogen-bond donors (Lipinski definition) is 0. The highest BCUT2D eigenvalue weighted by Gasteiger charge is 2.41. The van der Waals surface area contributed by atoms with Gasteiger partial charge in [-0.1, -0.05) is 77.6 Å². The smallest absolute Gasteiger partial charge is 0.157 e. The van der Waals surface area contributed by atoms with Crippen molar-refractivity contribution in [1.29, 1.82) is 0 Å². The van der Waals surface area contributed by atoms with Gasteiger partial charge in [0.05, 0.1) is 17.7 Å². The van der Waals surface area contributed by atoms with Crippen LogP contribution < -0.4 is 28.9 Å². The average molecular weight is 818 g/mol. The second kappa shape index (κ2) is 12.8. The Bertz CT molecular complexity index is 3120. The van der Waals surface area contributed by atoms with Crippen LogP contribution in [0.1, 0.15) is 52.7 Å². The summed E-state index contributed by atoms with van der Waals surface area (Å²) in [6, 6.07) is 42.6. The minimum absolute atomic E-state index is 0.0158. The first-order valence-electron chi connectivity index (χ1n) is 20.8. The SMILES string of the molecule is CC(C)(C)c1ccnc(-n2c3ccc(C(C)(C)C)cc3c3ccc(Oc4cccc(N5C=CN(c6cc7c8c(c6)Oc6cccc9c6N8c6c(cccc6S9)O7)C5)c4)cc32)c1. The first-order valence-corrected chi connectivity index (χ1v) is 21.6. The summed E-state index contributed by atoms with van der Waals surface area (Å²) in [5.41, 5.74) is 9.80. The summed E-state index contributed by atoms with van der Waals surface area (Å²) in [7, 11) is 0. The molecule has 0 unspecified atom stereocenters. The maximum atomic E-state index is 6.68. The van der Waals surface area contributed by atoms with E-state index in [1.807, 2.05) is 30.5 Å². The van der Waals surface area contributed by atoms with E-state index in [1.54, 1.807) is 11.8 Å². The van der Waals surface area contributed by atoms with Crippen LogP contribution in [0.15, 0.2) is 150 Å². The van der Waals surface area contributed by atoms with Gasteiger partial charge in [-0.15, -0.1) is 0 Å². The van der Waals surface area contributed by atoms with Crippen LogP contribution in [0.25, 0.3) is 27.6 Å². The predicted molar refractivity (Wildman–Crippen MR) is 247 cm³/mol. The van der Waals surface area contributed by atoms with Crippen LogP contribution in [0.3, 0.4) is 0 Å². The number of hydrogen-bond acceptors (Lipinski definition) is 8. The van der Waals surface area contributed by atoms with Gasteiger partial charge in [0.2, 0.25) is 0 Å². The van der Waals surface area contributed by atoms with Crippen LogP contribution in [0.4, 0.5) is 28.4 Å². The quantitative estimate of drug-likeness (QED) is 0.170. The average Bonchev–Trinajstić information content (AvgIpc) is 3.87. The van der Waals surface area contributed by atoms with Gasteiger partial charge in [-0.05, 0) is 94.8 Å². The van der Waals surface area contributed by atoms with Crippen LogP contribution in [-0.2, 0) is 10.8 Å². The van der Waals surface area contributed by atoms with Crippen molar-refractivity contribution in [3.8, 4) is 40.3 Å². The molecule has 2 aromatic heterocycles. The second-order valence-corrected chi connectivity index (χ2v) is 19.3. The van der Waals surface area contributed by atoms with E-state index in [0.29, 0.717) is 6.67 Å². The molecule has 6 heterocycles. The highest BCUT2D eigenvalue weighted by atomic mass is 32.2. The Labute approximate surface area is 359 Å². The van der Waals surface area contributed by atoms with Crippen molar-refractivity contribution in [2.45, 2.75) is 62.2 Å². The highest BCUT2D eigenvalue weighted by Crippen LogP contribution is 2.67. The van der Waals surface area contributed by atoms with Gasteiger partial charge in [0.1, 0.15) is 34.4 Å². The molecular weight excluding hydrogens is 775 g/mol. The molecule has 300 valence electrons. The third-order valence-corrected chi connectivity index (χ3v) is 13.3. The zero-order chi connectivity index (χ0) is 41.4. The van der Waals surface area contributed by atoms with Gasteiger partial charge in [0.15, 0.2) is 23.0 Å². The molecule has 6 aromatic carbocycles. The molecule has 0 atom stereocenters. The van der Waals surface area contributed by atoms with Crippen LogP contribution in [0.5, 0.6) is 34.5 Å². The van der Waals surface area contributed by atoms with Crippen molar-refractivity contribution in [2.75, 3.05) is 21.4 Å². The molecule has 0 N–H and O–H groups in total. The summed E-state index contributed by atoms with van der Waals surface area (Å²) >= 11 is 1.76. The topological polar surface area (TPSA) is 55.2 Å². The summed E-state index contributed by atoms with van der Waals surface area (Å²) in [6.07, 6.45) is 6.13. The molecule has 0 saturated heterocycles. The molecule has 4 aliphatic heterocycles. The Balaban J connectivity index is 0.852. The van der Waals surface area contributed by atoms with Crippen LogP contribution >= 0.6 is 11.8 Å². The van der Waals surface area contributed by atoms with E-state index in [4.69, 9.17) is 19.2 Å². The van der Waals surface area contributed by atoms with Crippen molar-refractivity contribution >= 4 is 62.0 Å². The first-order chi connectivity index (χ1) is 29.4. The molecule has 4 aliphatic rings. The number of para-hydroxylation sites is 2. The van der Waals surface area contributed by atoms with Gasteiger partial charge >= 0.3 is 0 Å². The molecule has 9 heteroatoms. The Morgan fingerprint density at radius 1 is 0.557 bits per heavy atom. The predicted octanol–water partition coefficient (Wildman–Crippen LogP) is 14.5. The number of aromatic nitrogens is 2. The third kappa shape index (κ3) is 5.71. The molecule has 8 aromatic rings. The van der Waals surface area contributed by atoms with Gasteiger partial charge in [-0.25, -0.2) is 4.98 Å². The van der Waals surface area contributed by atoms with E-state index in [0.717, 1.165) is 85.2 Å². The van der Waals surface area contributed by atoms with Crippen LogP contribution in [-0.4, -0.2) is 16.2 Å². The second-order valence-electron chi connectivity index (χ2n) is 18.3. The fourth-order valence-corrected chi connectivity index (χ4v) is 10.1. The number of rotatable bonds is 5. The zero-order valence-electron chi connectivity index (χ0n) is 34.9. The molecule has 8 nitrogen and oxygen atoms in total. The van der Waals surface area contributed by atoms with Crippen LogP contribution in [0, 0.1) is 0 Å². The number of nitrogens with zero attached hydrogens (tertiary/aromatic N) is 5. The molecule has 61 heavy (non-hydrogen) atoms. The van der Waals surface area contributed by atoms with Gasteiger partial charge < -0.3 is 24.0 Å². The molecule has 12 rings (SSSR count). The van der Waals surface area contributed by atoms with Crippen molar-refractivity contribution in [2.24, 2.45) is 0 Å². The van der Waals surface area contributed by atoms with Gasteiger partial charge in [-0.3, -0.25) is 9.47 Å². The Hall–Kier alpha value is -6.84. The lowest BCUT2D eigenvalue weighted by atomic mass is 9.86. The monoisotopic (exact) mass is 817 g/mol. The summed E-state index contributed by atoms with van der Waals surface area (Å²) in [5, 5.41) is 2.37. The molecule has 0 fully saturated rings. The molecule has 0 saturated carbocycles. The minimum atomic E-state index is -0.0158. The Morgan fingerprint density at radius 3 is 1.92 bits per heavy atom. The Morgan fingerprint density at radius 2 is 1.21 bits per heavy atom. The Kier molecular flexibility index (Phi) is 7.58. The van der Waals surface area contributed by atoms with Crippen molar-refractivity contribution in [3.05, 3.63) is 151 Å². The summed E-state index contributed by atoms with van der Waals surface area (Å²) in [5.74, 6) is 5.65. The van der Waals surface area contributed by atoms with Crippen molar-refractivity contribution in [1.82, 2.24) is 9.55 Å². The number of fused-ring (bicyclic) bond motifs is 3. The van der Waals surface area contributed by atoms with Gasteiger partial charge in [-0.2, -0.15) is 0 Å². The number of pyridine rings is 1. The van der Waals surface area contributed by atoms with E-state index in [-0.39, 0.29) is 10.8 Å². The molecule has 0 spiro atoms. The molecule has 0 radical (unpaired) electrons. The summed E-state index contributed by atoms with van der Waals surface area (Å²) in [6.45, 7) is 14.1. The van der Waals surface area contributed by atoms with Crippen molar-refractivity contribution < 1.29 is 14.2 Å². The van der Waals surface area contributed by atoms with E-state index in [9.17, 15) is 0 Å². The van der Waals surface area contributed by atoms with Crippen molar-refractivity contribution in [3.63, 3.8) is 0 Å². The lowest BCUT2D eigenvalue weighted by Crippen LogP contribution is -2.26. The fourth-order valence-electron chi connectivity index (χ4n) is 8.98. The lowest BCUT2D eigenvalue weighted by molar-refractivity contribution is 0.443. The molecule has 0 aliphatic carbocycles. The van der Waals surface area contributed by atoms with E-state index in [2.05, 4.69) is 170 Å². The van der Waals surface area contributed by atoms with E-state index >= 15 is 0 Å². The normalized spacial score (nSPS) is 14.7. The largest absolute Gasteiger partial charge is 0.457 e. The molecular formula is C52H43N5O3S. The fraction of sp³-hybridized carbons (Fsp3) is 0.173.